The van der Waals surface area contributed by atoms with Crippen molar-refractivity contribution in [1.29, 1.82) is 0 Å². The van der Waals surface area contributed by atoms with Gasteiger partial charge in [0, 0.05) is 6.54 Å². The first-order chi connectivity index (χ1) is 9.91. The van der Waals surface area contributed by atoms with E-state index in [4.69, 9.17) is 4.74 Å². The molecule has 114 valence electrons. The maximum absolute atomic E-state index is 13.8. The third-order valence-corrected chi connectivity index (χ3v) is 3.78. The second-order valence-electron chi connectivity index (χ2n) is 5.15. The minimum atomic E-state index is -1.18. The molecule has 0 N–H and O–H groups in total. The summed E-state index contributed by atoms with van der Waals surface area (Å²) in [7, 11) is 0. The quantitative estimate of drug-likeness (QED) is 0.805. The molecule has 1 aliphatic heterocycles. The molecule has 0 spiro atoms. The van der Waals surface area contributed by atoms with Crippen molar-refractivity contribution in [2.24, 2.45) is 0 Å². The summed E-state index contributed by atoms with van der Waals surface area (Å²) < 4.78 is 32.5. The Balaban J connectivity index is 2.36. The fourth-order valence-corrected chi connectivity index (χ4v) is 2.62. The van der Waals surface area contributed by atoms with E-state index in [0.29, 0.717) is 12.8 Å². The molecule has 0 aliphatic carbocycles. The maximum Gasteiger partial charge on any atom is 0.331 e. The van der Waals surface area contributed by atoms with Crippen LogP contribution in [0.25, 0.3) is 0 Å². The number of carbonyl (C=O) groups excluding carboxylic acids is 2. The molecule has 4 nitrogen and oxygen atoms in total. The average Bonchev–Trinajstić information content (AvgIpc) is 2.82. The van der Waals surface area contributed by atoms with E-state index in [0.717, 1.165) is 12.1 Å². The summed E-state index contributed by atoms with van der Waals surface area (Å²) in [6.07, 6.45) is 0.991. The highest BCUT2D eigenvalue weighted by Gasteiger charge is 2.47. The minimum absolute atomic E-state index is 0.185. The number of amides is 1. The van der Waals surface area contributed by atoms with Gasteiger partial charge in [-0.1, -0.05) is 6.07 Å². The number of likely N-dealkylation sites (tertiary alicyclic amines) is 1. The Morgan fingerprint density at radius 3 is 2.52 bits per heavy atom. The van der Waals surface area contributed by atoms with Crippen LogP contribution in [0.5, 0.6) is 0 Å². The number of esters is 1. The van der Waals surface area contributed by atoms with Gasteiger partial charge in [-0.05, 0) is 38.8 Å². The molecule has 1 aromatic carbocycles. The highest BCUT2D eigenvalue weighted by atomic mass is 19.1. The fraction of sp³-hybridized carbons (Fsp3) is 0.467. The largest absolute Gasteiger partial charge is 0.464 e. The van der Waals surface area contributed by atoms with Gasteiger partial charge in [-0.25, -0.2) is 13.6 Å². The predicted molar refractivity (Wildman–Crippen MR) is 71.7 cm³/mol. The maximum atomic E-state index is 13.8. The minimum Gasteiger partial charge on any atom is -0.464 e. The molecule has 1 fully saturated rings. The Kier molecular flexibility index (Phi) is 4.25. The van der Waals surface area contributed by atoms with Gasteiger partial charge in [0.05, 0.1) is 6.61 Å². The van der Waals surface area contributed by atoms with Crippen molar-refractivity contribution in [3.8, 4) is 0 Å². The normalized spacial score (nSPS) is 21.4. The van der Waals surface area contributed by atoms with Crippen molar-refractivity contribution >= 4 is 11.9 Å². The summed E-state index contributed by atoms with van der Waals surface area (Å²) in [6.45, 7) is 3.68. The lowest BCUT2D eigenvalue weighted by Crippen LogP contribution is -2.52. The Labute approximate surface area is 121 Å². The molecule has 6 heteroatoms. The standard InChI is InChI=1S/C15H17F2NO3/c1-3-21-14(20)15(2)8-5-9-18(15)13(19)12-10(16)6-4-7-11(12)17/h4,6-7H,3,5,8-9H2,1-2H3. The number of benzene rings is 1. The lowest BCUT2D eigenvalue weighted by atomic mass is 9.98. The van der Waals surface area contributed by atoms with E-state index in [1.807, 2.05) is 0 Å². The number of hydrogen-bond donors (Lipinski definition) is 0. The van der Waals surface area contributed by atoms with E-state index in [2.05, 4.69) is 0 Å². The zero-order chi connectivity index (χ0) is 15.6. The first kappa shape index (κ1) is 15.4. The number of halogens is 2. The first-order valence-corrected chi connectivity index (χ1v) is 6.85. The van der Waals surface area contributed by atoms with Gasteiger partial charge >= 0.3 is 5.97 Å². The molecular weight excluding hydrogens is 280 g/mol. The highest BCUT2D eigenvalue weighted by Crippen LogP contribution is 2.32. The number of ether oxygens (including phenoxy) is 1. The molecule has 1 amide bonds. The molecule has 0 saturated carbocycles. The van der Waals surface area contributed by atoms with Crippen LogP contribution in [0.4, 0.5) is 8.78 Å². The van der Waals surface area contributed by atoms with Gasteiger partial charge in [-0.3, -0.25) is 4.79 Å². The summed E-state index contributed by atoms with van der Waals surface area (Å²) in [5.74, 6) is -3.23. The van der Waals surface area contributed by atoms with E-state index in [1.165, 1.54) is 11.0 Å². The fourth-order valence-electron chi connectivity index (χ4n) is 2.62. The molecule has 2 rings (SSSR count). The van der Waals surface area contributed by atoms with Crippen LogP contribution in [0, 0.1) is 11.6 Å². The molecule has 0 aromatic heterocycles. The van der Waals surface area contributed by atoms with Crippen LogP contribution in [0.15, 0.2) is 18.2 Å². The topological polar surface area (TPSA) is 46.6 Å². The molecule has 1 saturated heterocycles. The van der Waals surface area contributed by atoms with E-state index >= 15 is 0 Å². The smallest absolute Gasteiger partial charge is 0.331 e. The Morgan fingerprint density at radius 2 is 1.95 bits per heavy atom. The zero-order valence-corrected chi connectivity index (χ0v) is 12.0. The number of nitrogens with zero attached hydrogens (tertiary/aromatic N) is 1. The van der Waals surface area contributed by atoms with E-state index in [9.17, 15) is 18.4 Å². The summed E-state index contributed by atoms with van der Waals surface area (Å²) >= 11 is 0. The van der Waals surface area contributed by atoms with Crippen LogP contribution in [0.1, 0.15) is 37.0 Å². The monoisotopic (exact) mass is 297 g/mol. The summed E-state index contributed by atoms with van der Waals surface area (Å²) in [5.41, 5.74) is -1.81. The average molecular weight is 297 g/mol. The van der Waals surface area contributed by atoms with Crippen molar-refractivity contribution in [1.82, 2.24) is 4.90 Å². The van der Waals surface area contributed by atoms with Crippen LogP contribution in [-0.2, 0) is 9.53 Å². The van der Waals surface area contributed by atoms with Gasteiger partial charge in [0.15, 0.2) is 0 Å². The third-order valence-electron chi connectivity index (χ3n) is 3.78. The van der Waals surface area contributed by atoms with Gasteiger partial charge in [0.25, 0.3) is 5.91 Å². The summed E-state index contributed by atoms with van der Waals surface area (Å²) in [6, 6.07) is 3.23. The second-order valence-corrected chi connectivity index (χ2v) is 5.15. The number of rotatable bonds is 3. The van der Waals surface area contributed by atoms with Crippen molar-refractivity contribution in [3.05, 3.63) is 35.4 Å². The van der Waals surface area contributed by atoms with Gasteiger partial charge in [-0.2, -0.15) is 0 Å². The molecule has 0 radical (unpaired) electrons. The van der Waals surface area contributed by atoms with Gasteiger partial charge in [0.1, 0.15) is 22.7 Å². The molecule has 1 heterocycles. The van der Waals surface area contributed by atoms with Crippen LogP contribution in [0.3, 0.4) is 0 Å². The predicted octanol–water partition coefficient (Wildman–Crippen LogP) is 2.52. The van der Waals surface area contributed by atoms with E-state index in [1.54, 1.807) is 13.8 Å². The molecule has 0 bridgehead atoms. The van der Waals surface area contributed by atoms with Crippen molar-refractivity contribution in [3.63, 3.8) is 0 Å². The Bertz CT molecular complexity index is 556. The zero-order valence-electron chi connectivity index (χ0n) is 12.0. The van der Waals surface area contributed by atoms with E-state index in [-0.39, 0.29) is 13.2 Å². The van der Waals surface area contributed by atoms with Gasteiger partial charge < -0.3 is 9.64 Å². The van der Waals surface area contributed by atoms with E-state index < -0.39 is 34.6 Å². The SMILES string of the molecule is CCOC(=O)C1(C)CCCN1C(=O)c1c(F)cccc1F. The molecular formula is C15H17F2NO3. The van der Waals surface area contributed by atoms with Gasteiger partial charge in [0.2, 0.25) is 0 Å². The second kappa shape index (κ2) is 5.79. The molecule has 1 aliphatic rings. The third kappa shape index (κ3) is 2.62. The van der Waals surface area contributed by atoms with Crippen LogP contribution in [0.2, 0.25) is 0 Å². The summed E-state index contributed by atoms with van der Waals surface area (Å²) in [4.78, 5) is 25.7. The van der Waals surface area contributed by atoms with Crippen LogP contribution >= 0.6 is 0 Å². The molecule has 1 atom stereocenters. The Hall–Kier alpha value is -1.98. The number of carbonyl (C=O) groups is 2. The molecule has 1 aromatic rings. The van der Waals surface area contributed by atoms with Crippen molar-refractivity contribution < 1.29 is 23.1 Å². The summed E-state index contributed by atoms with van der Waals surface area (Å²) in [5, 5.41) is 0. The van der Waals surface area contributed by atoms with Crippen molar-refractivity contribution in [2.75, 3.05) is 13.2 Å². The van der Waals surface area contributed by atoms with Crippen molar-refractivity contribution in [2.45, 2.75) is 32.2 Å². The lowest BCUT2D eigenvalue weighted by molar-refractivity contribution is -0.153. The highest BCUT2D eigenvalue weighted by molar-refractivity contribution is 5.98. The van der Waals surface area contributed by atoms with Crippen LogP contribution < -0.4 is 0 Å². The van der Waals surface area contributed by atoms with Crippen LogP contribution in [-0.4, -0.2) is 35.5 Å². The molecule has 1 unspecified atom stereocenters. The molecule has 21 heavy (non-hydrogen) atoms. The van der Waals surface area contributed by atoms with Gasteiger partial charge in [-0.15, -0.1) is 0 Å². The lowest BCUT2D eigenvalue weighted by Gasteiger charge is -2.33. The Morgan fingerprint density at radius 1 is 1.33 bits per heavy atom. The number of hydrogen-bond acceptors (Lipinski definition) is 3. The first-order valence-electron chi connectivity index (χ1n) is 6.85.